The zero-order chi connectivity index (χ0) is 22.2. The smallest absolute Gasteiger partial charge is 0.0281 e. The Balaban J connectivity index is 1.15. The summed E-state index contributed by atoms with van der Waals surface area (Å²) in [6, 6.07) is 18.8. The molecule has 33 heavy (non-hydrogen) atoms. The van der Waals surface area contributed by atoms with Crippen LogP contribution in [0.25, 0.3) is 5.57 Å². The predicted octanol–water partition coefficient (Wildman–Crippen LogP) is 8.61. The van der Waals surface area contributed by atoms with Gasteiger partial charge in [0, 0.05) is 5.92 Å². The molecule has 6 rings (SSSR count). The van der Waals surface area contributed by atoms with Gasteiger partial charge in [-0.3, -0.25) is 0 Å². The summed E-state index contributed by atoms with van der Waals surface area (Å²) < 4.78 is 0. The molecule has 1 atom stereocenters. The van der Waals surface area contributed by atoms with Crippen molar-refractivity contribution in [1.82, 2.24) is 0 Å². The summed E-state index contributed by atoms with van der Waals surface area (Å²) in [4.78, 5) is 0. The maximum Gasteiger partial charge on any atom is 0.0281 e. The molecule has 0 nitrogen and oxygen atoms in total. The third kappa shape index (κ3) is 4.33. The number of rotatable bonds is 6. The van der Waals surface area contributed by atoms with Crippen molar-refractivity contribution in [1.29, 1.82) is 0 Å². The molecule has 0 aromatic heterocycles. The molecule has 0 bridgehead atoms. The quantitative estimate of drug-likeness (QED) is 0.428. The lowest BCUT2D eigenvalue weighted by atomic mass is 9.76. The average molecular weight is 433 g/mol. The lowest BCUT2D eigenvalue weighted by Gasteiger charge is -2.29. The van der Waals surface area contributed by atoms with Crippen LogP contribution in [0.15, 0.2) is 90.1 Å². The maximum absolute atomic E-state index is 2.43. The molecular weight excluding hydrogens is 396 g/mol. The van der Waals surface area contributed by atoms with E-state index in [1.165, 1.54) is 71.9 Å². The zero-order valence-electron chi connectivity index (χ0n) is 20.0. The molecule has 4 aliphatic carbocycles. The van der Waals surface area contributed by atoms with Crippen LogP contribution in [0.5, 0.6) is 0 Å². The van der Waals surface area contributed by atoms with Gasteiger partial charge in [-0.15, -0.1) is 0 Å². The lowest BCUT2D eigenvalue weighted by molar-refractivity contribution is 0.296. The maximum atomic E-state index is 2.43. The molecule has 0 radical (unpaired) electrons. The second kappa shape index (κ2) is 8.98. The van der Waals surface area contributed by atoms with Crippen molar-refractivity contribution in [3.05, 3.63) is 112 Å². The van der Waals surface area contributed by atoms with Crippen molar-refractivity contribution in [2.75, 3.05) is 0 Å². The standard InChI is InChI=1S/C33H36/c1-2-23-6-12-29(13-7-23)32-21-20-30(31-4-3-5-33(31)32)22-24-8-10-25(11-9-24)26-14-16-27(17-15-26)28-18-19-28/h3-13,20-21,26-28,33H,2,14-19,22H2,1H3. The summed E-state index contributed by atoms with van der Waals surface area (Å²) in [5, 5.41) is 0. The monoisotopic (exact) mass is 432 g/mol. The Morgan fingerprint density at radius 2 is 1.33 bits per heavy atom. The molecule has 2 fully saturated rings. The van der Waals surface area contributed by atoms with Crippen molar-refractivity contribution in [2.45, 2.75) is 64.2 Å². The van der Waals surface area contributed by atoms with E-state index in [0.717, 1.165) is 30.6 Å². The molecule has 2 aromatic carbocycles. The second-order valence-electron chi connectivity index (χ2n) is 10.7. The van der Waals surface area contributed by atoms with Gasteiger partial charge in [-0.05, 0) is 108 Å². The molecule has 0 amide bonds. The molecule has 0 N–H and O–H groups in total. The highest BCUT2D eigenvalue weighted by Gasteiger charge is 2.34. The summed E-state index contributed by atoms with van der Waals surface area (Å²) >= 11 is 0. The van der Waals surface area contributed by atoms with Crippen LogP contribution in [0.4, 0.5) is 0 Å². The number of fused-ring (bicyclic) bond motifs is 1. The topological polar surface area (TPSA) is 0 Å². The summed E-state index contributed by atoms with van der Waals surface area (Å²) in [7, 11) is 0. The summed E-state index contributed by atoms with van der Waals surface area (Å²) in [6.45, 7) is 2.22. The van der Waals surface area contributed by atoms with E-state index in [1.54, 1.807) is 5.56 Å². The van der Waals surface area contributed by atoms with Crippen LogP contribution in [-0.4, -0.2) is 0 Å². The van der Waals surface area contributed by atoms with Gasteiger partial charge in [0.2, 0.25) is 0 Å². The first kappa shape index (κ1) is 21.0. The first-order valence-corrected chi connectivity index (χ1v) is 13.3. The highest BCUT2D eigenvalue weighted by Crippen LogP contribution is 2.47. The van der Waals surface area contributed by atoms with Gasteiger partial charge < -0.3 is 0 Å². The summed E-state index contributed by atoms with van der Waals surface area (Å²) in [5.41, 5.74) is 10.1. The molecule has 0 heteroatoms. The van der Waals surface area contributed by atoms with Crippen molar-refractivity contribution < 1.29 is 0 Å². The van der Waals surface area contributed by atoms with Gasteiger partial charge in [0.15, 0.2) is 0 Å². The molecule has 4 aliphatic rings. The van der Waals surface area contributed by atoms with Crippen LogP contribution in [0, 0.1) is 17.8 Å². The van der Waals surface area contributed by atoms with Gasteiger partial charge in [0.1, 0.15) is 0 Å². The molecular formula is C33H36. The summed E-state index contributed by atoms with van der Waals surface area (Å²) in [6.07, 6.45) is 22.5. The van der Waals surface area contributed by atoms with Crippen molar-refractivity contribution in [3.8, 4) is 0 Å². The van der Waals surface area contributed by atoms with E-state index in [4.69, 9.17) is 0 Å². The van der Waals surface area contributed by atoms with Crippen LogP contribution in [-0.2, 0) is 12.8 Å². The highest BCUT2D eigenvalue weighted by molar-refractivity contribution is 5.78. The third-order valence-corrected chi connectivity index (χ3v) is 8.69. The predicted molar refractivity (Wildman–Crippen MR) is 140 cm³/mol. The largest absolute Gasteiger partial charge is 0.0726 e. The Hall–Kier alpha value is -2.60. The van der Waals surface area contributed by atoms with E-state index in [0.29, 0.717) is 5.92 Å². The van der Waals surface area contributed by atoms with E-state index < -0.39 is 0 Å². The Labute approximate surface area is 199 Å². The van der Waals surface area contributed by atoms with Crippen LogP contribution in [0.3, 0.4) is 0 Å². The van der Waals surface area contributed by atoms with Gasteiger partial charge in [-0.25, -0.2) is 0 Å². The molecule has 1 unspecified atom stereocenters. The van der Waals surface area contributed by atoms with Crippen LogP contribution in [0.1, 0.15) is 73.6 Å². The molecule has 0 spiro atoms. The molecule has 0 aliphatic heterocycles. The number of benzene rings is 2. The first-order chi connectivity index (χ1) is 16.3. The molecule has 168 valence electrons. The molecule has 0 saturated heterocycles. The summed E-state index contributed by atoms with van der Waals surface area (Å²) in [5.74, 6) is 3.32. The fourth-order valence-corrected chi connectivity index (χ4v) is 6.43. The normalized spacial score (nSPS) is 26.5. The molecule has 2 aromatic rings. The Kier molecular flexibility index (Phi) is 5.70. The fourth-order valence-electron chi connectivity index (χ4n) is 6.43. The van der Waals surface area contributed by atoms with E-state index in [1.807, 2.05) is 0 Å². The molecule has 2 saturated carbocycles. The van der Waals surface area contributed by atoms with E-state index in [2.05, 4.69) is 85.8 Å². The van der Waals surface area contributed by atoms with E-state index >= 15 is 0 Å². The minimum absolute atomic E-state index is 0.401. The average Bonchev–Trinajstić information content (AvgIpc) is 3.61. The van der Waals surface area contributed by atoms with Gasteiger partial charge in [-0.2, -0.15) is 0 Å². The van der Waals surface area contributed by atoms with Gasteiger partial charge in [-0.1, -0.05) is 85.8 Å². The minimum atomic E-state index is 0.401. The second-order valence-corrected chi connectivity index (χ2v) is 10.7. The number of hydrogen-bond donors (Lipinski definition) is 0. The fraction of sp³-hybridized carbons (Fsp3) is 0.394. The van der Waals surface area contributed by atoms with Gasteiger partial charge in [0.05, 0.1) is 0 Å². The Bertz CT molecular complexity index is 1110. The first-order valence-electron chi connectivity index (χ1n) is 13.3. The Morgan fingerprint density at radius 3 is 2.00 bits per heavy atom. The van der Waals surface area contributed by atoms with Crippen molar-refractivity contribution >= 4 is 5.57 Å². The van der Waals surface area contributed by atoms with E-state index in [9.17, 15) is 0 Å². The molecule has 0 heterocycles. The van der Waals surface area contributed by atoms with Crippen LogP contribution in [0.2, 0.25) is 0 Å². The van der Waals surface area contributed by atoms with Gasteiger partial charge >= 0.3 is 0 Å². The van der Waals surface area contributed by atoms with Crippen LogP contribution < -0.4 is 0 Å². The van der Waals surface area contributed by atoms with Crippen molar-refractivity contribution in [3.63, 3.8) is 0 Å². The minimum Gasteiger partial charge on any atom is -0.0726 e. The van der Waals surface area contributed by atoms with Gasteiger partial charge in [0.25, 0.3) is 0 Å². The Morgan fingerprint density at radius 1 is 0.667 bits per heavy atom. The zero-order valence-corrected chi connectivity index (χ0v) is 20.0. The third-order valence-electron chi connectivity index (χ3n) is 8.69. The van der Waals surface area contributed by atoms with E-state index in [-0.39, 0.29) is 0 Å². The van der Waals surface area contributed by atoms with Crippen molar-refractivity contribution in [2.24, 2.45) is 17.8 Å². The number of aryl methyl sites for hydroxylation is 1. The number of hydrogen-bond acceptors (Lipinski definition) is 0. The highest BCUT2D eigenvalue weighted by atomic mass is 14.4. The lowest BCUT2D eigenvalue weighted by Crippen LogP contribution is -2.14. The SMILES string of the molecule is CCc1ccc(C2=CC=C(Cc3ccc(C4CCC(C5CC5)CC4)cc3)C3=CC=CC32)cc1. The van der Waals surface area contributed by atoms with Crippen LogP contribution >= 0.6 is 0 Å². The number of allylic oxidation sites excluding steroid dienone is 8.